The van der Waals surface area contributed by atoms with Crippen molar-refractivity contribution in [1.29, 1.82) is 0 Å². The highest BCUT2D eigenvalue weighted by Crippen LogP contribution is 2.58. The van der Waals surface area contributed by atoms with Crippen LogP contribution in [0.1, 0.15) is 19.3 Å². The van der Waals surface area contributed by atoms with Crippen molar-refractivity contribution in [3.8, 4) is 10.6 Å². The second-order valence-electron chi connectivity index (χ2n) is 6.25. The Bertz CT molecular complexity index is 741. The highest BCUT2D eigenvalue weighted by Gasteiger charge is 2.57. The van der Waals surface area contributed by atoms with E-state index in [1.165, 1.54) is 11.3 Å². The lowest BCUT2D eigenvalue weighted by Crippen LogP contribution is -2.31. The van der Waals surface area contributed by atoms with Crippen LogP contribution in [-0.4, -0.2) is 29.2 Å². The van der Waals surface area contributed by atoms with Crippen LogP contribution in [0.3, 0.4) is 0 Å². The first-order valence-electron chi connectivity index (χ1n) is 7.78. The molecule has 23 heavy (non-hydrogen) atoms. The van der Waals surface area contributed by atoms with Crippen LogP contribution in [0.2, 0.25) is 5.02 Å². The summed E-state index contributed by atoms with van der Waals surface area (Å²) in [6.07, 6.45) is 3.18. The summed E-state index contributed by atoms with van der Waals surface area (Å²) in [7, 11) is 0. The Labute approximate surface area is 143 Å². The lowest BCUT2D eigenvalue weighted by atomic mass is 9.92. The molecule has 1 atom stereocenters. The number of benzene rings is 1. The molecule has 0 bridgehead atoms. The number of hydrogen-bond donors (Lipinski definition) is 2. The molecule has 1 spiro atoms. The van der Waals surface area contributed by atoms with E-state index in [4.69, 9.17) is 11.6 Å². The Hall–Kier alpha value is -1.50. The molecule has 4 rings (SSSR count). The van der Waals surface area contributed by atoms with E-state index in [1.807, 2.05) is 24.3 Å². The smallest absolute Gasteiger partial charge is 0.229 e. The summed E-state index contributed by atoms with van der Waals surface area (Å²) in [6.45, 7) is 2.03. The van der Waals surface area contributed by atoms with Crippen molar-refractivity contribution in [2.45, 2.75) is 19.3 Å². The van der Waals surface area contributed by atoms with Gasteiger partial charge in [0.25, 0.3) is 0 Å². The number of carbonyl (C=O) groups is 1. The van der Waals surface area contributed by atoms with Gasteiger partial charge in [-0.05, 0) is 43.8 Å². The molecule has 0 radical (unpaired) electrons. The van der Waals surface area contributed by atoms with Crippen LogP contribution in [-0.2, 0) is 4.79 Å². The second-order valence-corrected chi connectivity index (χ2v) is 7.64. The number of halogens is 1. The van der Waals surface area contributed by atoms with Crippen molar-refractivity contribution in [2.75, 3.05) is 18.4 Å². The third kappa shape index (κ3) is 2.86. The van der Waals surface area contributed by atoms with Gasteiger partial charge >= 0.3 is 0 Å². The van der Waals surface area contributed by atoms with Crippen LogP contribution in [0.25, 0.3) is 10.6 Å². The third-order valence-electron chi connectivity index (χ3n) is 4.86. The number of piperidine rings is 1. The largest absolute Gasteiger partial charge is 0.317 e. The van der Waals surface area contributed by atoms with Gasteiger partial charge in [-0.15, -0.1) is 10.2 Å². The number of nitrogens with one attached hydrogen (secondary N) is 2. The first-order valence-corrected chi connectivity index (χ1v) is 8.97. The van der Waals surface area contributed by atoms with Crippen molar-refractivity contribution in [1.82, 2.24) is 15.5 Å². The van der Waals surface area contributed by atoms with Crippen molar-refractivity contribution >= 4 is 34.0 Å². The molecule has 120 valence electrons. The van der Waals surface area contributed by atoms with Gasteiger partial charge in [-0.25, -0.2) is 0 Å². The third-order valence-corrected chi connectivity index (χ3v) is 6.07. The molecule has 2 N–H and O–H groups in total. The van der Waals surface area contributed by atoms with E-state index in [1.54, 1.807) is 0 Å². The summed E-state index contributed by atoms with van der Waals surface area (Å²) in [5, 5.41) is 16.4. The Morgan fingerprint density at radius 2 is 2.09 bits per heavy atom. The van der Waals surface area contributed by atoms with Gasteiger partial charge in [0.15, 0.2) is 5.01 Å². The van der Waals surface area contributed by atoms with Gasteiger partial charge < -0.3 is 10.6 Å². The Balaban J connectivity index is 1.44. The molecule has 7 heteroatoms. The van der Waals surface area contributed by atoms with Crippen LogP contribution in [0.15, 0.2) is 24.3 Å². The summed E-state index contributed by atoms with van der Waals surface area (Å²) in [5.41, 5.74) is 1.07. The Kier molecular flexibility index (Phi) is 3.83. The number of nitrogens with zero attached hydrogens (tertiary/aromatic N) is 2. The molecule has 5 nitrogen and oxygen atoms in total. The van der Waals surface area contributed by atoms with E-state index in [-0.39, 0.29) is 17.2 Å². The summed E-state index contributed by atoms with van der Waals surface area (Å²) in [5.74, 6) is 0.200. The standard InChI is InChI=1S/C16H17ClN4OS/c17-12-4-2-1-3-10(12)14-20-21-15(23-14)19-13(22)11-9-16(11)5-7-18-8-6-16/h1-4,11,18H,5-9H2,(H,19,21,22)/t11-/m1/s1. The van der Waals surface area contributed by atoms with Gasteiger partial charge in [-0.2, -0.15) is 0 Å². The Morgan fingerprint density at radius 3 is 2.87 bits per heavy atom. The van der Waals surface area contributed by atoms with E-state index in [9.17, 15) is 4.79 Å². The molecule has 1 saturated carbocycles. The molecular formula is C16H17ClN4OS. The zero-order valence-electron chi connectivity index (χ0n) is 12.5. The van der Waals surface area contributed by atoms with Gasteiger partial charge in [-0.1, -0.05) is 41.1 Å². The zero-order chi connectivity index (χ0) is 15.9. The molecule has 1 amide bonds. The van der Waals surface area contributed by atoms with Gasteiger partial charge in [0.05, 0.1) is 5.02 Å². The highest BCUT2D eigenvalue weighted by molar-refractivity contribution is 7.18. The topological polar surface area (TPSA) is 66.9 Å². The van der Waals surface area contributed by atoms with Crippen molar-refractivity contribution < 1.29 is 4.79 Å². The van der Waals surface area contributed by atoms with E-state index >= 15 is 0 Å². The quantitative estimate of drug-likeness (QED) is 0.894. The molecule has 1 aliphatic heterocycles. The van der Waals surface area contributed by atoms with E-state index < -0.39 is 0 Å². The van der Waals surface area contributed by atoms with Crippen molar-refractivity contribution in [3.63, 3.8) is 0 Å². The highest BCUT2D eigenvalue weighted by atomic mass is 35.5. The maximum Gasteiger partial charge on any atom is 0.229 e. The molecule has 1 aromatic heterocycles. The van der Waals surface area contributed by atoms with Crippen LogP contribution in [0.5, 0.6) is 0 Å². The monoisotopic (exact) mass is 348 g/mol. The number of anilines is 1. The summed E-state index contributed by atoms with van der Waals surface area (Å²) >= 11 is 7.53. The van der Waals surface area contributed by atoms with Crippen LogP contribution >= 0.6 is 22.9 Å². The maximum atomic E-state index is 12.4. The number of carbonyl (C=O) groups excluding carboxylic acids is 1. The normalized spacial score (nSPS) is 22.0. The lowest BCUT2D eigenvalue weighted by Gasteiger charge is -2.22. The molecular weight excluding hydrogens is 332 g/mol. The molecule has 2 heterocycles. The SMILES string of the molecule is O=C(Nc1nnc(-c2ccccc2Cl)s1)[C@H]1CC12CCNCC2. The van der Waals surface area contributed by atoms with Gasteiger partial charge in [0.2, 0.25) is 11.0 Å². The van der Waals surface area contributed by atoms with Crippen LogP contribution < -0.4 is 10.6 Å². The molecule has 1 aromatic carbocycles. The van der Waals surface area contributed by atoms with Crippen LogP contribution in [0, 0.1) is 11.3 Å². The first-order chi connectivity index (χ1) is 11.2. The number of rotatable bonds is 3. The fourth-order valence-electron chi connectivity index (χ4n) is 3.41. The maximum absolute atomic E-state index is 12.4. The molecule has 2 aromatic rings. The first kappa shape index (κ1) is 15.1. The summed E-state index contributed by atoms with van der Waals surface area (Å²) < 4.78 is 0. The molecule has 2 fully saturated rings. The second kappa shape index (κ2) is 5.85. The minimum Gasteiger partial charge on any atom is -0.317 e. The average Bonchev–Trinajstić information content (AvgIpc) is 3.04. The van der Waals surface area contributed by atoms with Gasteiger partial charge in [-0.3, -0.25) is 4.79 Å². The van der Waals surface area contributed by atoms with Gasteiger partial charge in [0, 0.05) is 11.5 Å². The summed E-state index contributed by atoms with van der Waals surface area (Å²) in [6, 6.07) is 7.51. The zero-order valence-corrected chi connectivity index (χ0v) is 14.1. The predicted octanol–water partition coefficient (Wildman–Crippen LogP) is 3.19. The molecule has 2 aliphatic rings. The number of amides is 1. The molecule has 0 unspecified atom stereocenters. The summed E-state index contributed by atoms with van der Waals surface area (Å²) in [4.78, 5) is 12.4. The Morgan fingerprint density at radius 1 is 1.30 bits per heavy atom. The predicted molar refractivity (Wildman–Crippen MR) is 91.6 cm³/mol. The lowest BCUT2D eigenvalue weighted by molar-refractivity contribution is -0.118. The van der Waals surface area contributed by atoms with Crippen molar-refractivity contribution in [2.24, 2.45) is 11.3 Å². The minimum absolute atomic E-state index is 0.0776. The molecule has 1 saturated heterocycles. The number of aromatic nitrogens is 2. The number of hydrogen-bond acceptors (Lipinski definition) is 5. The fraction of sp³-hybridized carbons (Fsp3) is 0.438. The molecule has 1 aliphatic carbocycles. The minimum atomic E-state index is 0.0776. The van der Waals surface area contributed by atoms with E-state index in [2.05, 4.69) is 20.8 Å². The van der Waals surface area contributed by atoms with Crippen LogP contribution in [0.4, 0.5) is 5.13 Å². The van der Waals surface area contributed by atoms with E-state index in [0.29, 0.717) is 10.2 Å². The van der Waals surface area contributed by atoms with Crippen molar-refractivity contribution in [3.05, 3.63) is 29.3 Å². The van der Waals surface area contributed by atoms with E-state index in [0.717, 1.165) is 42.9 Å². The average molecular weight is 349 g/mol. The fourth-order valence-corrected chi connectivity index (χ4v) is 4.47. The van der Waals surface area contributed by atoms with Gasteiger partial charge in [0.1, 0.15) is 0 Å².